The molecule has 1 aliphatic heterocycles. The van der Waals surface area contributed by atoms with Gasteiger partial charge in [-0.2, -0.15) is 0 Å². The summed E-state index contributed by atoms with van der Waals surface area (Å²) >= 11 is 0. The molecule has 3 heteroatoms. The fourth-order valence-corrected chi connectivity index (χ4v) is 2.08. The van der Waals surface area contributed by atoms with Gasteiger partial charge in [0.15, 0.2) is 0 Å². The lowest BCUT2D eigenvalue weighted by Gasteiger charge is -2.18. The van der Waals surface area contributed by atoms with Gasteiger partial charge in [0.05, 0.1) is 6.10 Å². The van der Waals surface area contributed by atoms with Crippen molar-refractivity contribution in [2.75, 3.05) is 20.1 Å². The van der Waals surface area contributed by atoms with Crippen molar-refractivity contribution in [1.82, 2.24) is 10.2 Å². The van der Waals surface area contributed by atoms with Crippen LogP contribution in [0, 0.1) is 0 Å². The highest BCUT2D eigenvalue weighted by atomic mass is 16.3. The molecule has 76 valence electrons. The van der Waals surface area contributed by atoms with E-state index in [0.717, 1.165) is 19.0 Å². The molecule has 0 aromatic heterocycles. The van der Waals surface area contributed by atoms with E-state index in [0.29, 0.717) is 6.04 Å². The van der Waals surface area contributed by atoms with E-state index in [1.54, 1.807) is 0 Å². The number of rotatable bonds is 4. The van der Waals surface area contributed by atoms with Crippen molar-refractivity contribution in [3.63, 3.8) is 0 Å². The van der Waals surface area contributed by atoms with Gasteiger partial charge in [-0.1, -0.05) is 0 Å². The van der Waals surface area contributed by atoms with Crippen molar-refractivity contribution in [2.45, 2.75) is 43.9 Å². The van der Waals surface area contributed by atoms with E-state index in [1.165, 1.54) is 25.8 Å². The van der Waals surface area contributed by atoms with Gasteiger partial charge in [-0.25, -0.2) is 0 Å². The molecule has 13 heavy (non-hydrogen) atoms. The Balaban J connectivity index is 1.61. The van der Waals surface area contributed by atoms with Crippen LogP contribution in [0.3, 0.4) is 0 Å². The summed E-state index contributed by atoms with van der Waals surface area (Å²) in [7, 11) is 2.21. The Morgan fingerprint density at radius 3 is 2.77 bits per heavy atom. The fraction of sp³-hybridized carbons (Fsp3) is 1.00. The molecule has 0 amide bonds. The standard InChI is InChI=1S/C10H20N2O/c1-12(9-2-3-9)5-4-8-6-10(13)7-11-8/h8-11,13H,2-7H2,1H3. The van der Waals surface area contributed by atoms with E-state index in [-0.39, 0.29) is 6.10 Å². The van der Waals surface area contributed by atoms with Crippen LogP contribution in [0.15, 0.2) is 0 Å². The van der Waals surface area contributed by atoms with E-state index in [2.05, 4.69) is 17.3 Å². The number of aliphatic hydroxyl groups excluding tert-OH is 1. The molecule has 2 unspecified atom stereocenters. The maximum absolute atomic E-state index is 9.31. The molecule has 0 bridgehead atoms. The average molecular weight is 184 g/mol. The van der Waals surface area contributed by atoms with Crippen LogP contribution in [0.25, 0.3) is 0 Å². The van der Waals surface area contributed by atoms with Crippen LogP contribution in [-0.2, 0) is 0 Å². The Morgan fingerprint density at radius 1 is 1.46 bits per heavy atom. The zero-order chi connectivity index (χ0) is 9.26. The zero-order valence-electron chi connectivity index (χ0n) is 8.37. The highest BCUT2D eigenvalue weighted by Gasteiger charge is 2.27. The average Bonchev–Trinajstić information content (AvgIpc) is 2.87. The molecule has 1 heterocycles. The smallest absolute Gasteiger partial charge is 0.0679 e. The molecule has 2 atom stereocenters. The second-order valence-corrected chi connectivity index (χ2v) is 4.50. The van der Waals surface area contributed by atoms with Crippen molar-refractivity contribution in [2.24, 2.45) is 0 Å². The summed E-state index contributed by atoms with van der Waals surface area (Å²) in [5.74, 6) is 0. The molecule has 0 aromatic carbocycles. The molecular formula is C10H20N2O. The van der Waals surface area contributed by atoms with Gasteiger partial charge in [0.2, 0.25) is 0 Å². The van der Waals surface area contributed by atoms with Crippen molar-refractivity contribution in [3.8, 4) is 0 Å². The molecule has 1 saturated carbocycles. The third kappa shape index (κ3) is 2.66. The molecule has 1 saturated heterocycles. The van der Waals surface area contributed by atoms with Crippen LogP contribution in [0.1, 0.15) is 25.7 Å². The Kier molecular flexibility index (Phi) is 2.86. The lowest BCUT2D eigenvalue weighted by atomic mass is 10.1. The van der Waals surface area contributed by atoms with E-state index in [9.17, 15) is 5.11 Å². The molecule has 0 spiro atoms. The predicted octanol–water partition coefficient (Wildman–Crippen LogP) is 0.193. The number of nitrogens with one attached hydrogen (secondary N) is 1. The first kappa shape index (κ1) is 9.44. The lowest BCUT2D eigenvalue weighted by Crippen LogP contribution is -2.29. The molecule has 2 fully saturated rings. The van der Waals surface area contributed by atoms with Crippen LogP contribution in [0.4, 0.5) is 0 Å². The molecule has 0 radical (unpaired) electrons. The minimum atomic E-state index is -0.101. The van der Waals surface area contributed by atoms with Crippen LogP contribution in [0.5, 0.6) is 0 Å². The molecule has 1 aliphatic carbocycles. The summed E-state index contributed by atoms with van der Waals surface area (Å²) in [6.45, 7) is 1.97. The van der Waals surface area contributed by atoms with Gasteiger partial charge in [0, 0.05) is 18.6 Å². The molecule has 2 N–H and O–H groups in total. The molecule has 2 rings (SSSR count). The van der Waals surface area contributed by atoms with Gasteiger partial charge in [-0.15, -0.1) is 0 Å². The molecule has 3 nitrogen and oxygen atoms in total. The van der Waals surface area contributed by atoms with E-state index in [4.69, 9.17) is 0 Å². The van der Waals surface area contributed by atoms with Crippen LogP contribution < -0.4 is 5.32 Å². The summed E-state index contributed by atoms with van der Waals surface area (Å²) < 4.78 is 0. The summed E-state index contributed by atoms with van der Waals surface area (Å²) in [5.41, 5.74) is 0. The van der Waals surface area contributed by atoms with Crippen LogP contribution in [0.2, 0.25) is 0 Å². The minimum absolute atomic E-state index is 0.101. The van der Waals surface area contributed by atoms with Gasteiger partial charge in [0.1, 0.15) is 0 Å². The topological polar surface area (TPSA) is 35.5 Å². The summed E-state index contributed by atoms with van der Waals surface area (Å²) in [5, 5.41) is 12.7. The Bertz CT molecular complexity index is 170. The highest BCUT2D eigenvalue weighted by Crippen LogP contribution is 2.25. The predicted molar refractivity (Wildman–Crippen MR) is 52.7 cm³/mol. The van der Waals surface area contributed by atoms with E-state index >= 15 is 0 Å². The van der Waals surface area contributed by atoms with Crippen LogP contribution in [-0.4, -0.2) is 48.3 Å². The first-order valence-corrected chi connectivity index (χ1v) is 5.37. The normalized spacial score (nSPS) is 34.4. The number of hydrogen-bond acceptors (Lipinski definition) is 3. The van der Waals surface area contributed by atoms with Crippen molar-refractivity contribution >= 4 is 0 Å². The van der Waals surface area contributed by atoms with Crippen molar-refractivity contribution < 1.29 is 5.11 Å². The third-order valence-electron chi connectivity index (χ3n) is 3.20. The molecular weight excluding hydrogens is 164 g/mol. The summed E-state index contributed by atoms with van der Waals surface area (Å²) in [6.07, 6.45) is 4.80. The zero-order valence-corrected chi connectivity index (χ0v) is 8.37. The maximum atomic E-state index is 9.31. The van der Waals surface area contributed by atoms with Gasteiger partial charge >= 0.3 is 0 Å². The first-order chi connectivity index (χ1) is 6.25. The number of β-amino-alcohol motifs (C(OH)–C–C–N with tert-alkyl or cyclic N) is 1. The molecule has 0 aromatic rings. The highest BCUT2D eigenvalue weighted by molar-refractivity contribution is 4.85. The van der Waals surface area contributed by atoms with E-state index < -0.39 is 0 Å². The maximum Gasteiger partial charge on any atom is 0.0679 e. The fourth-order valence-electron chi connectivity index (χ4n) is 2.08. The van der Waals surface area contributed by atoms with Crippen molar-refractivity contribution in [1.29, 1.82) is 0 Å². The van der Waals surface area contributed by atoms with E-state index in [1.807, 2.05) is 0 Å². The van der Waals surface area contributed by atoms with Crippen LogP contribution >= 0.6 is 0 Å². The first-order valence-electron chi connectivity index (χ1n) is 5.37. The number of hydrogen-bond donors (Lipinski definition) is 2. The van der Waals surface area contributed by atoms with Crippen molar-refractivity contribution in [3.05, 3.63) is 0 Å². The Labute approximate surface area is 80.1 Å². The SMILES string of the molecule is CN(CCC1CC(O)CN1)C1CC1. The summed E-state index contributed by atoms with van der Waals surface area (Å²) in [6, 6.07) is 1.42. The number of aliphatic hydroxyl groups is 1. The Morgan fingerprint density at radius 2 is 2.23 bits per heavy atom. The Hall–Kier alpha value is -0.120. The second kappa shape index (κ2) is 3.95. The largest absolute Gasteiger partial charge is 0.392 e. The minimum Gasteiger partial charge on any atom is -0.392 e. The second-order valence-electron chi connectivity index (χ2n) is 4.50. The third-order valence-corrected chi connectivity index (χ3v) is 3.20. The lowest BCUT2D eigenvalue weighted by molar-refractivity contribution is 0.191. The summed E-state index contributed by atoms with van der Waals surface area (Å²) in [4.78, 5) is 2.45. The van der Waals surface area contributed by atoms with Gasteiger partial charge < -0.3 is 15.3 Å². The van der Waals surface area contributed by atoms with Gasteiger partial charge in [-0.05, 0) is 39.3 Å². The van der Waals surface area contributed by atoms with Gasteiger partial charge in [-0.3, -0.25) is 0 Å². The monoisotopic (exact) mass is 184 g/mol. The molecule has 2 aliphatic rings. The van der Waals surface area contributed by atoms with Gasteiger partial charge in [0.25, 0.3) is 0 Å². The quantitative estimate of drug-likeness (QED) is 0.655. The number of nitrogens with zero attached hydrogens (tertiary/aromatic N) is 1.